The van der Waals surface area contributed by atoms with E-state index in [0.717, 1.165) is 0 Å². The summed E-state index contributed by atoms with van der Waals surface area (Å²) in [5.74, 6) is -3.01. The third-order valence-electron chi connectivity index (χ3n) is 2.55. The molecule has 1 aromatic rings. The number of halogens is 4. The summed E-state index contributed by atoms with van der Waals surface area (Å²) in [7, 11) is -1.53. The average molecular weight is 426 g/mol. The summed E-state index contributed by atoms with van der Waals surface area (Å²) >= 11 is 3.13. The van der Waals surface area contributed by atoms with Gasteiger partial charge in [0.2, 0.25) is 10.0 Å². The molecule has 0 radical (unpaired) electrons. The van der Waals surface area contributed by atoms with E-state index in [1.807, 2.05) is 0 Å². The molecule has 11 heteroatoms. The van der Waals surface area contributed by atoms with Gasteiger partial charge in [-0.1, -0.05) is 0 Å². The molecule has 0 saturated heterocycles. The van der Waals surface area contributed by atoms with Gasteiger partial charge in [0.05, 0.1) is 31.8 Å². The molecule has 3 N–H and O–H groups in total. The lowest BCUT2D eigenvalue weighted by atomic mass is 10.3. The molecular weight excluding hydrogens is 410 g/mol. The summed E-state index contributed by atoms with van der Waals surface area (Å²) in [6.07, 6.45) is 0. The van der Waals surface area contributed by atoms with Gasteiger partial charge in [0.25, 0.3) is 5.92 Å². The van der Waals surface area contributed by atoms with Crippen LogP contribution in [0.5, 0.6) is 11.5 Å². The van der Waals surface area contributed by atoms with Gasteiger partial charge in [-0.15, -0.1) is 12.4 Å². The highest BCUT2D eigenvalue weighted by molar-refractivity contribution is 9.10. The lowest BCUT2D eigenvalue weighted by Crippen LogP contribution is -2.41. The Labute approximate surface area is 141 Å². The summed E-state index contributed by atoms with van der Waals surface area (Å²) < 4.78 is 62.4. The molecule has 22 heavy (non-hydrogen) atoms. The van der Waals surface area contributed by atoms with Crippen LogP contribution in [0.15, 0.2) is 21.5 Å². The van der Waals surface area contributed by atoms with E-state index in [9.17, 15) is 17.2 Å². The second-order valence-electron chi connectivity index (χ2n) is 4.02. The Bertz CT molecular complexity index is 616. The van der Waals surface area contributed by atoms with Gasteiger partial charge in [0.1, 0.15) is 16.4 Å². The first-order valence-electron chi connectivity index (χ1n) is 5.66. The van der Waals surface area contributed by atoms with Gasteiger partial charge < -0.3 is 15.2 Å². The Balaban J connectivity index is 0.00000441. The van der Waals surface area contributed by atoms with E-state index in [4.69, 9.17) is 15.2 Å². The van der Waals surface area contributed by atoms with Crippen molar-refractivity contribution < 1.29 is 26.7 Å². The topological polar surface area (TPSA) is 90.6 Å². The molecule has 6 nitrogen and oxygen atoms in total. The molecule has 128 valence electrons. The second kappa shape index (κ2) is 8.25. The van der Waals surface area contributed by atoms with Crippen molar-refractivity contribution in [2.45, 2.75) is 10.8 Å². The van der Waals surface area contributed by atoms with E-state index < -0.39 is 29.0 Å². The quantitative estimate of drug-likeness (QED) is 0.695. The normalized spacial score (nSPS) is 11.7. The van der Waals surface area contributed by atoms with Crippen LogP contribution in [0.2, 0.25) is 0 Å². The summed E-state index contributed by atoms with van der Waals surface area (Å²) in [6, 6.07) is 2.54. The number of nitrogens with one attached hydrogen (secondary N) is 1. The van der Waals surface area contributed by atoms with Crippen molar-refractivity contribution in [2.75, 3.05) is 27.3 Å². The summed E-state index contributed by atoms with van der Waals surface area (Å²) in [6.45, 7) is -2.06. The van der Waals surface area contributed by atoms with E-state index in [1.165, 1.54) is 26.4 Å². The summed E-state index contributed by atoms with van der Waals surface area (Å²) in [4.78, 5) is -0.287. The molecule has 0 unspecified atom stereocenters. The van der Waals surface area contributed by atoms with Gasteiger partial charge in [-0.05, 0) is 22.0 Å². The lowest BCUT2D eigenvalue weighted by molar-refractivity contribution is 0.0170. The highest BCUT2D eigenvalue weighted by Crippen LogP contribution is 2.35. The predicted molar refractivity (Wildman–Crippen MR) is 83.7 cm³/mol. The maximum Gasteiger partial charge on any atom is 0.273 e. The fourth-order valence-corrected chi connectivity index (χ4v) is 3.29. The third-order valence-corrected chi connectivity index (χ3v) is 4.59. The lowest BCUT2D eigenvalue weighted by Gasteiger charge is -2.16. The minimum absolute atomic E-state index is 0. The van der Waals surface area contributed by atoms with Crippen molar-refractivity contribution in [1.29, 1.82) is 0 Å². The number of alkyl halides is 2. The molecule has 0 atom stereocenters. The maximum absolute atomic E-state index is 13.1. The molecule has 0 heterocycles. The summed E-state index contributed by atoms with van der Waals surface area (Å²) in [5, 5.41) is 0. The van der Waals surface area contributed by atoms with Crippen molar-refractivity contribution in [3.63, 3.8) is 0 Å². The number of sulfonamides is 1. The first-order valence-corrected chi connectivity index (χ1v) is 7.93. The zero-order chi connectivity index (χ0) is 16.3. The van der Waals surface area contributed by atoms with Crippen LogP contribution >= 0.6 is 28.3 Å². The number of benzene rings is 1. The number of hydrogen-bond donors (Lipinski definition) is 2. The third kappa shape index (κ3) is 5.20. The second-order valence-corrected chi connectivity index (χ2v) is 6.61. The Morgan fingerprint density at radius 2 is 1.82 bits per heavy atom. The SMILES string of the molecule is COc1cc(OC)c(S(=O)(=O)NCC(F)(F)CN)cc1Br.Cl. The molecule has 0 aliphatic carbocycles. The van der Waals surface area contributed by atoms with Gasteiger partial charge in [-0.3, -0.25) is 0 Å². The zero-order valence-corrected chi connectivity index (χ0v) is 14.9. The molecule has 1 aromatic carbocycles. The van der Waals surface area contributed by atoms with Crippen molar-refractivity contribution in [2.24, 2.45) is 5.73 Å². The van der Waals surface area contributed by atoms with E-state index in [2.05, 4.69) is 15.9 Å². The fourth-order valence-electron chi connectivity index (χ4n) is 1.39. The molecule has 0 aromatic heterocycles. The van der Waals surface area contributed by atoms with Gasteiger partial charge in [-0.2, -0.15) is 0 Å². The minimum Gasteiger partial charge on any atom is -0.495 e. The number of hydrogen-bond acceptors (Lipinski definition) is 5. The van der Waals surface area contributed by atoms with Crippen LogP contribution in [-0.2, 0) is 10.0 Å². The molecule has 0 fully saturated rings. The molecule has 1 rings (SSSR count). The highest BCUT2D eigenvalue weighted by atomic mass is 79.9. The zero-order valence-electron chi connectivity index (χ0n) is 11.7. The van der Waals surface area contributed by atoms with Crippen LogP contribution in [0.1, 0.15) is 0 Å². The monoisotopic (exact) mass is 424 g/mol. The average Bonchev–Trinajstić information content (AvgIpc) is 2.45. The van der Waals surface area contributed by atoms with Crippen LogP contribution in [0.4, 0.5) is 8.78 Å². The van der Waals surface area contributed by atoms with Crippen LogP contribution < -0.4 is 19.9 Å². The number of rotatable bonds is 7. The molecule has 0 amide bonds. The predicted octanol–water partition coefficient (Wildman–Crippen LogP) is 1.76. The standard InChI is InChI=1S/C11H15BrF2N2O4S.ClH/c1-19-8-4-9(20-2)10(3-7(8)12)21(17,18)16-6-11(13,14)5-15;/h3-4,16H,5-6,15H2,1-2H3;1H. The van der Waals surface area contributed by atoms with Crippen molar-refractivity contribution >= 4 is 38.4 Å². The first kappa shape index (κ1) is 21.3. The van der Waals surface area contributed by atoms with Crippen molar-refractivity contribution in [1.82, 2.24) is 4.72 Å². The maximum atomic E-state index is 13.1. The first-order chi connectivity index (χ1) is 9.66. The Kier molecular flexibility index (Phi) is 8.00. The highest BCUT2D eigenvalue weighted by Gasteiger charge is 2.31. The van der Waals surface area contributed by atoms with Gasteiger partial charge >= 0.3 is 0 Å². The number of ether oxygens (including phenoxy) is 2. The Morgan fingerprint density at radius 1 is 1.27 bits per heavy atom. The van der Waals surface area contributed by atoms with Crippen molar-refractivity contribution in [3.05, 3.63) is 16.6 Å². The van der Waals surface area contributed by atoms with E-state index in [-0.39, 0.29) is 23.1 Å². The number of nitrogens with two attached hydrogens (primary N) is 1. The van der Waals surface area contributed by atoms with Gasteiger partial charge in [0.15, 0.2) is 0 Å². The van der Waals surface area contributed by atoms with Crippen LogP contribution in [0, 0.1) is 0 Å². The number of methoxy groups -OCH3 is 2. The van der Waals surface area contributed by atoms with E-state index in [0.29, 0.717) is 10.2 Å². The summed E-state index contributed by atoms with van der Waals surface area (Å²) in [5.41, 5.74) is 4.86. The van der Waals surface area contributed by atoms with Crippen LogP contribution in [-0.4, -0.2) is 41.6 Å². The van der Waals surface area contributed by atoms with E-state index in [1.54, 1.807) is 4.72 Å². The molecule has 0 bridgehead atoms. The molecule has 0 saturated carbocycles. The van der Waals surface area contributed by atoms with E-state index >= 15 is 0 Å². The Hall–Kier alpha value is -0.680. The Morgan fingerprint density at radius 3 is 2.27 bits per heavy atom. The molecule has 0 spiro atoms. The molecule has 0 aliphatic rings. The van der Waals surface area contributed by atoms with Gasteiger partial charge in [-0.25, -0.2) is 21.9 Å². The van der Waals surface area contributed by atoms with Crippen LogP contribution in [0.25, 0.3) is 0 Å². The smallest absolute Gasteiger partial charge is 0.273 e. The molecular formula is C11H16BrClF2N2O4S. The van der Waals surface area contributed by atoms with Crippen LogP contribution in [0.3, 0.4) is 0 Å². The minimum atomic E-state index is -4.19. The molecule has 0 aliphatic heterocycles. The largest absolute Gasteiger partial charge is 0.495 e. The van der Waals surface area contributed by atoms with Crippen molar-refractivity contribution in [3.8, 4) is 11.5 Å². The fraction of sp³-hybridized carbons (Fsp3) is 0.455. The van der Waals surface area contributed by atoms with Gasteiger partial charge in [0, 0.05) is 6.07 Å².